The number of aryl methyl sites for hydroxylation is 2. The van der Waals surface area contributed by atoms with Gasteiger partial charge in [-0.3, -0.25) is 0 Å². The van der Waals surface area contributed by atoms with Crippen LogP contribution in [0.4, 0.5) is 19.0 Å². The van der Waals surface area contributed by atoms with E-state index in [9.17, 15) is 13.2 Å². The summed E-state index contributed by atoms with van der Waals surface area (Å²) in [6, 6.07) is 3.64. The monoisotopic (exact) mass is 362 g/mol. The largest absolute Gasteiger partial charge is 0.451 e. The number of nitrogens with one attached hydrogen (secondary N) is 1. The van der Waals surface area contributed by atoms with Crippen molar-refractivity contribution in [2.45, 2.75) is 26.4 Å². The maximum absolute atomic E-state index is 13.0. The third-order valence-corrected chi connectivity index (χ3v) is 3.46. The molecule has 0 bridgehead atoms. The Morgan fingerprint density at radius 1 is 1.12 bits per heavy atom. The second-order valence-electron chi connectivity index (χ2n) is 5.96. The molecular formula is C16H22ClF3N4. The van der Waals surface area contributed by atoms with E-state index in [2.05, 4.69) is 15.3 Å². The highest BCUT2D eigenvalue weighted by atomic mass is 35.5. The minimum Gasteiger partial charge on any atom is -0.369 e. The lowest BCUT2D eigenvalue weighted by atomic mass is 10.1. The number of fused-ring (bicyclic) bond motifs is 1. The molecule has 0 fully saturated rings. The van der Waals surface area contributed by atoms with Gasteiger partial charge in [-0.25, -0.2) is 9.97 Å². The van der Waals surface area contributed by atoms with Gasteiger partial charge in [-0.1, -0.05) is 6.07 Å². The van der Waals surface area contributed by atoms with Crippen LogP contribution in [0.15, 0.2) is 12.1 Å². The molecule has 1 aromatic carbocycles. The second kappa shape index (κ2) is 7.98. The lowest BCUT2D eigenvalue weighted by Gasteiger charge is -2.15. The van der Waals surface area contributed by atoms with Crippen molar-refractivity contribution in [1.29, 1.82) is 0 Å². The Labute approximate surface area is 145 Å². The summed E-state index contributed by atoms with van der Waals surface area (Å²) in [7, 11) is 3.91. The fourth-order valence-electron chi connectivity index (χ4n) is 2.45. The highest BCUT2D eigenvalue weighted by Crippen LogP contribution is 2.31. The van der Waals surface area contributed by atoms with E-state index in [1.165, 1.54) is 0 Å². The highest BCUT2D eigenvalue weighted by molar-refractivity contribution is 5.91. The first-order valence-electron chi connectivity index (χ1n) is 7.43. The maximum Gasteiger partial charge on any atom is 0.451 e. The van der Waals surface area contributed by atoms with E-state index in [-0.39, 0.29) is 18.2 Å². The molecule has 1 N–H and O–H groups in total. The molecule has 134 valence electrons. The van der Waals surface area contributed by atoms with E-state index in [1.54, 1.807) is 6.92 Å². The van der Waals surface area contributed by atoms with Crippen molar-refractivity contribution in [3.63, 3.8) is 0 Å². The average Bonchev–Trinajstić information content (AvgIpc) is 2.42. The molecule has 1 heterocycles. The molecule has 0 saturated carbocycles. The Balaban J connectivity index is 0.00000288. The minimum absolute atomic E-state index is 0. The Morgan fingerprint density at radius 2 is 1.79 bits per heavy atom. The van der Waals surface area contributed by atoms with E-state index >= 15 is 0 Å². The summed E-state index contributed by atoms with van der Waals surface area (Å²) >= 11 is 0. The van der Waals surface area contributed by atoms with Crippen LogP contribution in [0.25, 0.3) is 10.9 Å². The summed E-state index contributed by atoms with van der Waals surface area (Å²) in [5.41, 5.74) is 2.02. The van der Waals surface area contributed by atoms with E-state index in [0.717, 1.165) is 18.5 Å². The zero-order valence-corrected chi connectivity index (χ0v) is 15.0. The van der Waals surface area contributed by atoms with Crippen LogP contribution in [-0.4, -0.2) is 42.1 Å². The van der Waals surface area contributed by atoms with Crippen LogP contribution in [0.1, 0.15) is 23.4 Å². The maximum atomic E-state index is 13.0. The standard InChI is InChI=1S/C16H21F3N4.ClH/c1-10-8-11(2)13-12(9-10)14(20-6-5-7-23(3)4)22-15(21-13)16(17,18)19;/h8-9H,5-7H2,1-4H3,(H,20,21,22);1H. The Bertz CT molecular complexity index is 702. The van der Waals surface area contributed by atoms with Crippen molar-refractivity contribution >= 4 is 29.1 Å². The van der Waals surface area contributed by atoms with Crippen LogP contribution >= 0.6 is 12.4 Å². The number of benzene rings is 1. The topological polar surface area (TPSA) is 41.1 Å². The van der Waals surface area contributed by atoms with Crippen LogP contribution < -0.4 is 5.32 Å². The predicted molar refractivity (Wildman–Crippen MR) is 92.9 cm³/mol. The van der Waals surface area contributed by atoms with Crippen molar-refractivity contribution in [3.8, 4) is 0 Å². The highest BCUT2D eigenvalue weighted by Gasteiger charge is 2.35. The first-order valence-corrected chi connectivity index (χ1v) is 7.43. The fourth-order valence-corrected chi connectivity index (χ4v) is 2.45. The molecule has 0 radical (unpaired) electrons. The smallest absolute Gasteiger partial charge is 0.369 e. The number of nitrogens with zero attached hydrogens (tertiary/aromatic N) is 3. The van der Waals surface area contributed by atoms with Gasteiger partial charge >= 0.3 is 6.18 Å². The van der Waals surface area contributed by atoms with Crippen molar-refractivity contribution < 1.29 is 13.2 Å². The molecule has 0 amide bonds. The normalized spacial score (nSPS) is 11.7. The molecule has 0 unspecified atom stereocenters. The summed E-state index contributed by atoms with van der Waals surface area (Å²) in [4.78, 5) is 9.45. The Hall–Kier alpha value is -1.60. The lowest BCUT2D eigenvalue weighted by Crippen LogP contribution is -2.18. The molecule has 0 atom stereocenters. The Kier molecular flexibility index (Phi) is 6.80. The van der Waals surface area contributed by atoms with Crippen LogP contribution in [0.2, 0.25) is 0 Å². The number of hydrogen-bond donors (Lipinski definition) is 1. The number of rotatable bonds is 5. The number of alkyl halides is 3. The first kappa shape index (κ1) is 20.4. The Morgan fingerprint density at radius 3 is 2.38 bits per heavy atom. The van der Waals surface area contributed by atoms with E-state index in [0.29, 0.717) is 23.0 Å². The molecule has 0 aliphatic carbocycles. The molecule has 4 nitrogen and oxygen atoms in total. The lowest BCUT2D eigenvalue weighted by molar-refractivity contribution is -0.144. The molecule has 1 aromatic heterocycles. The van der Waals surface area contributed by atoms with Crippen LogP contribution in [0.3, 0.4) is 0 Å². The second-order valence-corrected chi connectivity index (χ2v) is 5.96. The molecule has 2 aromatic rings. The molecular weight excluding hydrogens is 341 g/mol. The van der Waals surface area contributed by atoms with E-state index < -0.39 is 12.0 Å². The van der Waals surface area contributed by atoms with Crippen LogP contribution in [-0.2, 0) is 6.18 Å². The van der Waals surface area contributed by atoms with Gasteiger partial charge in [0.1, 0.15) is 5.82 Å². The van der Waals surface area contributed by atoms with E-state index in [4.69, 9.17) is 0 Å². The first-order chi connectivity index (χ1) is 10.7. The summed E-state index contributed by atoms with van der Waals surface area (Å²) in [5.74, 6) is -0.861. The van der Waals surface area contributed by atoms with Gasteiger partial charge < -0.3 is 10.2 Å². The third kappa shape index (κ3) is 4.95. The van der Waals surface area contributed by atoms with Gasteiger partial charge in [0.25, 0.3) is 0 Å². The van der Waals surface area contributed by atoms with E-state index in [1.807, 2.05) is 38.1 Å². The minimum atomic E-state index is -4.56. The van der Waals surface area contributed by atoms with Gasteiger partial charge in [-0.15, -0.1) is 12.4 Å². The summed E-state index contributed by atoms with van der Waals surface area (Å²) in [6.45, 7) is 5.06. The van der Waals surface area contributed by atoms with Crippen molar-refractivity contribution in [2.24, 2.45) is 0 Å². The zero-order chi connectivity index (χ0) is 17.2. The number of aromatic nitrogens is 2. The average molecular weight is 363 g/mol. The summed E-state index contributed by atoms with van der Waals surface area (Å²) in [5, 5.41) is 3.66. The number of anilines is 1. The van der Waals surface area contributed by atoms with Gasteiger partial charge in [0, 0.05) is 11.9 Å². The molecule has 0 spiro atoms. The SMILES string of the molecule is Cc1cc(C)c2nc(C(F)(F)F)nc(NCCCN(C)C)c2c1.Cl. The number of halogens is 4. The quantitative estimate of drug-likeness (QED) is 0.815. The predicted octanol–water partition coefficient (Wildman–Crippen LogP) is 4.05. The van der Waals surface area contributed by atoms with Crippen LogP contribution in [0.5, 0.6) is 0 Å². The fraction of sp³-hybridized carbons (Fsp3) is 0.500. The van der Waals surface area contributed by atoms with Crippen molar-refractivity contribution in [3.05, 3.63) is 29.1 Å². The molecule has 8 heteroatoms. The molecule has 0 aliphatic rings. The van der Waals surface area contributed by atoms with Crippen LogP contribution in [0, 0.1) is 13.8 Å². The van der Waals surface area contributed by atoms with Crippen molar-refractivity contribution in [1.82, 2.24) is 14.9 Å². The van der Waals surface area contributed by atoms with Gasteiger partial charge in [0.2, 0.25) is 5.82 Å². The molecule has 0 saturated heterocycles. The van der Waals surface area contributed by atoms with Gasteiger partial charge in [0.15, 0.2) is 0 Å². The van der Waals surface area contributed by atoms with Gasteiger partial charge in [-0.05, 0) is 58.1 Å². The van der Waals surface area contributed by atoms with Gasteiger partial charge in [0.05, 0.1) is 5.52 Å². The third-order valence-electron chi connectivity index (χ3n) is 3.46. The molecule has 24 heavy (non-hydrogen) atoms. The van der Waals surface area contributed by atoms with Gasteiger partial charge in [-0.2, -0.15) is 13.2 Å². The molecule has 0 aliphatic heterocycles. The number of hydrogen-bond acceptors (Lipinski definition) is 4. The molecule has 2 rings (SSSR count). The zero-order valence-electron chi connectivity index (χ0n) is 14.2. The van der Waals surface area contributed by atoms with Crippen molar-refractivity contribution in [2.75, 3.05) is 32.5 Å². The summed E-state index contributed by atoms with van der Waals surface area (Å²) in [6.07, 6.45) is -3.75. The summed E-state index contributed by atoms with van der Waals surface area (Å²) < 4.78 is 39.1.